The SMILES string of the molecule is NC1(c2cc(F)c(F)c(F)c2)CC(F)(F)C1. The molecule has 6 heteroatoms. The first-order valence-corrected chi connectivity index (χ1v) is 4.55. The monoisotopic (exact) mass is 237 g/mol. The van der Waals surface area contributed by atoms with Crippen LogP contribution < -0.4 is 5.73 Å². The first-order valence-electron chi connectivity index (χ1n) is 4.55. The van der Waals surface area contributed by atoms with Gasteiger partial charge >= 0.3 is 0 Å². The maximum absolute atomic E-state index is 12.9. The second-order valence-electron chi connectivity index (χ2n) is 4.12. The molecule has 0 amide bonds. The van der Waals surface area contributed by atoms with Crippen LogP contribution in [0.25, 0.3) is 0 Å². The number of hydrogen-bond acceptors (Lipinski definition) is 1. The number of halogens is 5. The van der Waals surface area contributed by atoms with Crippen molar-refractivity contribution in [3.05, 3.63) is 35.1 Å². The lowest BCUT2D eigenvalue weighted by molar-refractivity contribution is -0.125. The predicted molar refractivity (Wildman–Crippen MR) is 46.4 cm³/mol. The second kappa shape index (κ2) is 3.16. The normalized spacial score (nSPS) is 21.6. The first-order chi connectivity index (χ1) is 7.23. The fourth-order valence-corrected chi connectivity index (χ4v) is 1.92. The molecule has 16 heavy (non-hydrogen) atoms. The largest absolute Gasteiger partial charge is 0.321 e. The molecule has 0 aromatic heterocycles. The zero-order valence-corrected chi connectivity index (χ0v) is 8.04. The van der Waals surface area contributed by atoms with Gasteiger partial charge in [0.2, 0.25) is 0 Å². The maximum atomic E-state index is 12.9. The van der Waals surface area contributed by atoms with E-state index in [4.69, 9.17) is 5.73 Å². The summed E-state index contributed by atoms with van der Waals surface area (Å²) in [6.07, 6.45) is -1.38. The van der Waals surface area contributed by atoms with Crippen molar-refractivity contribution in [2.24, 2.45) is 5.73 Å². The molecule has 2 rings (SSSR count). The van der Waals surface area contributed by atoms with Crippen molar-refractivity contribution in [3.63, 3.8) is 0 Å². The molecule has 0 heterocycles. The molecule has 1 nitrogen and oxygen atoms in total. The molecule has 0 unspecified atom stereocenters. The molecule has 0 saturated heterocycles. The van der Waals surface area contributed by atoms with Crippen molar-refractivity contribution >= 4 is 0 Å². The molecular weight excluding hydrogens is 229 g/mol. The van der Waals surface area contributed by atoms with Crippen LogP contribution in [-0.4, -0.2) is 5.92 Å². The van der Waals surface area contributed by atoms with Crippen LogP contribution in [0.3, 0.4) is 0 Å². The number of benzene rings is 1. The predicted octanol–water partition coefficient (Wildman–Crippen LogP) is 2.69. The smallest absolute Gasteiger partial charge is 0.252 e. The summed E-state index contributed by atoms with van der Waals surface area (Å²) in [4.78, 5) is 0. The molecule has 0 bridgehead atoms. The van der Waals surface area contributed by atoms with Gasteiger partial charge in [0.05, 0.1) is 5.54 Å². The third-order valence-electron chi connectivity index (χ3n) is 2.71. The van der Waals surface area contributed by atoms with Crippen LogP contribution >= 0.6 is 0 Å². The minimum absolute atomic E-state index is 0.144. The molecule has 88 valence electrons. The van der Waals surface area contributed by atoms with E-state index in [1.807, 2.05) is 0 Å². The summed E-state index contributed by atoms with van der Waals surface area (Å²) in [5.74, 6) is -7.39. The van der Waals surface area contributed by atoms with Gasteiger partial charge in [-0.1, -0.05) is 0 Å². The van der Waals surface area contributed by atoms with Gasteiger partial charge in [0.15, 0.2) is 17.5 Å². The highest BCUT2D eigenvalue weighted by Crippen LogP contribution is 2.50. The Labute approximate surface area is 88.1 Å². The quantitative estimate of drug-likeness (QED) is 0.589. The maximum Gasteiger partial charge on any atom is 0.252 e. The van der Waals surface area contributed by atoms with Crippen LogP contribution in [0.4, 0.5) is 22.0 Å². The molecule has 0 radical (unpaired) electrons. The Morgan fingerprint density at radius 3 is 1.81 bits per heavy atom. The third kappa shape index (κ3) is 1.67. The molecule has 1 aliphatic rings. The van der Waals surface area contributed by atoms with Gasteiger partial charge in [-0.05, 0) is 17.7 Å². The van der Waals surface area contributed by atoms with Gasteiger partial charge < -0.3 is 5.73 Å². The van der Waals surface area contributed by atoms with Crippen LogP contribution in [0.2, 0.25) is 0 Å². The van der Waals surface area contributed by atoms with Crippen molar-refractivity contribution in [2.45, 2.75) is 24.3 Å². The summed E-state index contributed by atoms with van der Waals surface area (Å²) in [6.45, 7) is 0. The lowest BCUT2D eigenvalue weighted by Crippen LogP contribution is -2.55. The fraction of sp³-hybridized carbons (Fsp3) is 0.400. The first kappa shape index (κ1) is 11.3. The Morgan fingerprint density at radius 1 is 1.00 bits per heavy atom. The minimum Gasteiger partial charge on any atom is -0.321 e. The van der Waals surface area contributed by atoms with Crippen LogP contribution in [0.1, 0.15) is 18.4 Å². The molecule has 1 aliphatic carbocycles. The summed E-state index contributed by atoms with van der Waals surface area (Å²) >= 11 is 0. The van der Waals surface area contributed by atoms with Crippen molar-refractivity contribution in [1.29, 1.82) is 0 Å². The Morgan fingerprint density at radius 2 is 1.44 bits per heavy atom. The molecule has 1 aromatic rings. The van der Waals surface area contributed by atoms with Gasteiger partial charge in [0, 0.05) is 12.8 Å². The zero-order chi connectivity index (χ0) is 12.1. The molecule has 1 aromatic carbocycles. The summed E-state index contributed by atoms with van der Waals surface area (Å²) in [5.41, 5.74) is 3.93. The van der Waals surface area contributed by atoms with E-state index in [-0.39, 0.29) is 5.56 Å². The summed E-state index contributed by atoms with van der Waals surface area (Å²) in [5, 5.41) is 0. The lowest BCUT2D eigenvalue weighted by atomic mass is 9.70. The molecule has 2 N–H and O–H groups in total. The molecule has 1 fully saturated rings. The van der Waals surface area contributed by atoms with E-state index in [9.17, 15) is 22.0 Å². The van der Waals surface area contributed by atoms with Crippen molar-refractivity contribution in [3.8, 4) is 0 Å². The van der Waals surface area contributed by atoms with E-state index in [1.54, 1.807) is 0 Å². The van der Waals surface area contributed by atoms with Crippen molar-refractivity contribution < 1.29 is 22.0 Å². The molecular formula is C10H8F5N. The van der Waals surface area contributed by atoms with E-state index in [0.29, 0.717) is 12.1 Å². The Hall–Kier alpha value is -1.17. The van der Waals surface area contributed by atoms with Gasteiger partial charge in [0.25, 0.3) is 5.92 Å². The van der Waals surface area contributed by atoms with Crippen LogP contribution in [0.5, 0.6) is 0 Å². The van der Waals surface area contributed by atoms with Gasteiger partial charge in [0.1, 0.15) is 0 Å². The van der Waals surface area contributed by atoms with Gasteiger partial charge in [-0.2, -0.15) is 0 Å². The molecule has 1 saturated carbocycles. The number of nitrogens with two attached hydrogens (primary N) is 1. The molecule has 0 spiro atoms. The zero-order valence-electron chi connectivity index (χ0n) is 8.04. The molecule has 0 aliphatic heterocycles. The average molecular weight is 237 g/mol. The standard InChI is InChI=1S/C10H8F5N/c11-6-1-5(2-7(12)8(6)13)9(16)3-10(14,15)4-9/h1-2H,3-4,16H2. The number of alkyl halides is 2. The lowest BCUT2D eigenvalue weighted by Gasteiger charge is -2.44. The van der Waals surface area contributed by atoms with Crippen LogP contribution in [-0.2, 0) is 5.54 Å². The topological polar surface area (TPSA) is 26.0 Å². The highest BCUT2D eigenvalue weighted by atomic mass is 19.3. The third-order valence-corrected chi connectivity index (χ3v) is 2.71. The van der Waals surface area contributed by atoms with E-state index >= 15 is 0 Å². The highest BCUT2D eigenvalue weighted by molar-refractivity contribution is 5.30. The van der Waals surface area contributed by atoms with Crippen LogP contribution in [0.15, 0.2) is 12.1 Å². The van der Waals surface area contributed by atoms with Gasteiger partial charge in [-0.15, -0.1) is 0 Å². The summed E-state index contributed by atoms with van der Waals surface area (Å²) in [7, 11) is 0. The Kier molecular flexibility index (Phi) is 2.24. The summed E-state index contributed by atoms with van der Waals surface area (Å²) < 4.78 is 63.7. The number of hydrogen-bond donors (Lipinski definition) is 1. The van der Waals surface area contributed by atoms with Crippen LogP contribution in [0, 0.1) is 17.5 Å². The fourth-order valence-electron chi connectivity index (χ4n) is 1.92. The number of rotatable bonds is 1. The average Bonchev–Trinajstić information content (AvgIpc) is 2.10. The van der Waals surface area contributed by atoms with E-state index in [0.717, 1.165) is 0 Å². The Bertz CT molecular complexity index is 412. The second-order valence-corrected chi connectivity index (χ2v) is 4.12. The van der Waals surface area contributed by atoms with E-state index in [1.165, 1.54) is 0 Å². The van der Waals surface area contributed by atoms with Gasteiger partial charge in [-0.25, -0.2) is 22.0 Å². The van der Waals surface area contributed by atoms with Crippen molar-refractivity contribution in [1.82, 2.24) is 0 Å². The van der Waals surface area contributed by atoms with E-state index in [2.05, 4.69) is 0 Å². The minimum atomic E-state index is -2.92. The summed E-state index contributed by atoms with van der Waals surface area (Å²) in [6, 6.07) is 1.32. The Balaban J connectivity index is 2.36. The molecule has 0 atom stereocenters. The highest BCUT2D eigenvalue weighted by Gasteiger charge is 2.55. The van der Waals surface area contributed by atoms with Gasteiger partial charge in [-0.3, -0.25) is 0 Å². The van der Waals surface area contributed by atoms with Crippen molar-refractivity contribution in [2.75, 3.05) is 0 Å². The van der Waals surface area contributed by atoms with E-state index < -0.39 is 41.8 Å².